The first-order valence-electron chi connectivity index (χ1n) is 6.96. The highest BCUT2D eigenvalue weighted by Gasteiger charge is 2.41. The molecule has 0 spiro atoms. The van der Waals surface area contributed by atoms with Crippen LogP contribution in [0, 0.1) is 17.8 Å². The quantitative estimate of drug-likeness (QED) is 0.823. The van der Waals surface area contributed by atoms with Gasteiger partial charge in [0.15, 0.2) is 0 Å². The number of hydrogen-bond acceptors (Lipinski definition) is 3. The SMILES string of the molecule is CNc1nc(NCC(C2CC2)C2CC2)c(Cl)cc1Cl. The second kappa shape index (κ2) is 5.37. The van der Waals surface area contributed by atoms with E-state index in [2.05, 4.69) is 15.6 Å². The Labute approximate surface area is 124 Å². The van der Waals surface area contributed by atoms with Crippen molar-refractivity contribution in [3.05, 3.63) is 16.1 Å². The summed E-state index contributed by atoms with van der Waals surface area (Å²) in [6.45, 7) is 0.979. The molecule has 0 radical (unpaired) electrons. The molecule has 1 aromatic rings. The van der Waals surface area contributed by atoms with Crippen LogP contribution in [0.15, 0.2) is 6.07 Å². The van der Waals surface area contributed by atoms with E-state index in [9.17, 15) is 0 Å². The fraction of sp³-hybridized carbons (Fsp3) is 0.643. The Hall–Kier alpha value is -0.670. The zero-order chi connectivity index (χ0) is 13.4. The smallest absolute Gasteiger partial charge is 0.147 e. The molecule has 5 heteroatoms. The van der Waals surface area contributed by atoms with Gasteiger partial charge in [0.05, 0.1) is 10.0 Å². The topological polar surface area (TPSA) is 37.0 Å². The van der Waals surface area contributed by atoms with E-state index in [1.165, 1.54) is 25.7 Å². The fourth-order valence-electron chi connectivity index (χ4n) is 2.75. The highest BCUT2D eigenvalue weighted by Crippen LogP contribution is 2.49. The van der Waals surface area contributed by atoms with Gasteiger partial charge >= 0.3 is 0 Å². The monoisotopic (exact) mass is 299 g/mol. The lowest BCUT2D eigenvalue weighted by Crippen LogP contribution is -2.19. The van der Waals surface area contributed by atoms with Gasteiger partial charge in [0.25, 0.3) is 0 Å². The summed E-state index contributed by atoms with van der Waals surface area (Å²) >= 11 is 12.2. The minimum absolute atomic E-state index is 0.555. The van der Waals surface area contributed by atoms with Crippen LogP contribution in [0.3, 0.4) is 0 Å². The lowest BCUT2D eigenvalue weighted by molar-refractivity contribution is 0.428. The molecule has 2 N–H and O–H groups in total. The molecule has 0 bridgehead atoms. The Morgan fingerprint density at radius 1 is 1.16 bits per heavy atom. The lowest BCUT2D eigenvalue weighted by Gasteiger charge is -2.18. The van der Waals surface area contributed by atoms with Crippen molar-refractivity contribution in [2.24, 2.45) is 17.8 Å². The molecule has 19 heavy (non-hydrogen) atoms. The summed E-state index contributed by atoms with van der Waals surface area (Å²) in [6, 6.07) is 1.74. The van der Waals surface area contributed by atoms with E-state index in [0.29, 0.717) is 15.9 Å². The summed E-state index contributed by atoms with van der Waals surface area (Å²) < 4.78 is 0. The van der Waals surface area contributed by atoms with Crippen molar-refractivity contribution in [3.63, 3.8) is 0 Å². The summed E-state index contributed by atoms with van der Waals surface area (Å²) in [5, 5.41) is 7.54. The first-order chi connectivity index (χ1) is 9.19. The molecule has 2 saturated carbocycles. The first kappa shape index (κ1) is 13.3. The molecule has 1 heterocycles. The Morgan fingerprint density at radius 3 is 2.26 bits per heavy atom. The Balaban J connectivity index is 1.68. The van der Waals surface area contributed by atoms with Crippen LogP contribution in [0.1, 0.15) is 25.7 Å². The van der Waals surface area contributed by atoms with Crippen LogP contribution in [-0.2, 0) is 0 Å². The van der Waals surface area contributed by atoms with Crippen molar-refractivity contribution in [3.8, 4) is 0 Å². The van der Waals surface area contributed by atoms with E-state index in [4.69, 9.17) is 23.2 Å². The van der Waals surface area contributed by atoms with Gasteiger partial charge in [-0.1, -0.05) is 23.2 Å². The average molecular weight is 300 g/mol. The van der Waals surface area contributed by atoms with Crippen LogP contribution < -0.4 is 10.6 Å². The molecule has 3 nitrogen and oxygen atoms in total. The van der Waals surface area contributed by atoms with Crippen molar-refractivity contribution in [1.82, 2.24) is 4.98 Å². The third kappa shape index (κ3) is 3.09. The Morgan fingerprint density at radius 2 is 1.74 bits per heavy atom. The van der Waals surface area contributed by atoms with Crippen LogP contribution in [0.5, 0.6) is 0 Å². The van der Waals surface area contributed by atoms with Crippen molar-refractivity contribution >= 4 is 34.8 Å². The summed E-state index contributed by atoms with van der Waals surface area (Å²) in [5.41, 5.74) is 0. The van der Waals surface area contributed by atoms with Gasteiger partial charge < -0.3 is 10.6 Å². The van der Waals surface area contributed by atoms with Crippen molar-refractivity contribution in [2.75, 3.05) is 24.2 Å². The molecule has 0 aromatic carbocycles. The molecule has 0 aliphatic heterocycles. The van der Waals surface area contributed by atoms with Gasteiger partial charge in [-0.2, -0.15) is 0 Å². The predicted molar refractivity (Wildman–Crippen MR) is 81.2 cm³/mol. The zero-order valence-corrected chi connectivity index (χ0v) is 12.6. The van der Waals surface area contributed by atoms with Gasteiger partial charge in [-0.25, -0.2) is 4.98 Å². The number of pyridine rings is 1. The maximum atomic E-state index is 6.20. The van der Waals surface area contributed by atoms with Crippen LogP contribution in [0.4, 0.5) is 11.6 Å². The van der Waals surface area contributed by atoms with Gasteiger partial charge in [0, 0.05) is 13.6 Å². The van der Waals surface area contributed by atoms with Gasteiger partial charge in [-0.05, 0) is 49.5 Å². The number of hydrogen-bond donors (Lipinski definition) is 2. The Kier molecular flexibility index (Phi) is 3.77. The number of halogens is 2. The minimum Gasteiger partial charge on any atom is -0.372 e. The molecule has 104 valence electrons. The number of aromatic nitrogens is 1. The minimum atomic E-state index is 0.555. The second-order valence-electron chi connectivity index (χ2n) is 5.62. The maximum absolute atomic E-state index is 6.20. The zero-order valence-electron chi connectivity index (χ0n) is 11.0. The third-order valence-corrected chi connectivity index (χ3v) is 4.70. The van der Waals surface area contributed by atoms with Gasteiger partial charge in [-0.3, -0.25) is 0 Å². The van der Waals surface area contributed by atoms with Crippen LogP contribution in [-0.4, -0.2) is 18.6 Å². The summed E-state index contributed by atoms with van der Waals surface area (Å²) in [4.78, 5) is 4.44. The van der Waals surface area contributed by atoms with Crippen LogP contribution in [0.2, 0.25) is 10.0 Å². The van der Waals surface area contributed by atoms with E-state index in [1.54, 1.807) is 6.07 Å². The molecular weight excluding hydrogens is 281 g/mol. The fourth-order valence-corrected chi connectivity index (χ4v) is 3.27. The summed E-state index contributed by atoms with van der Waals surface area (Å²) in [7, 11) is 1.81. The largest absolute Gasteiger partial charge is 0.372 e. The molecule has 0 saturated heterocycles. The van der Waals surface area contributed by atoms with E-state index in [-0.39, 0.29) is 0 Å². The molecule has 0 unspecified atom stereocenters. The van der Waals surface area contributed by atoms with Crippen molar-refractivity contribution in [2.45, 2.75) is 25.7 Å². The highest BCUT2D eigenvalue weighted by molar-refractivity contribution is 6.37. The second-order valence-corrected chi connectivity index (χ2v) is 6.43. The maximum Gasteiger partial charge on any atom is 0.147 e. The molecular formula is C14H19Cl2N3. The number of rotatable bonds is 6. The average Bonchev–Trinajstić information content (AvgIpc) is 3.26. The molecule has 2 fully saturated rings. The molecule has 2 aliphatic carbocycles. The van der Waals surface area contributed by atoms with Gasteiger partial charge in [0.2, 0.25) is 0 Å². The van der Waals surface area contributed by atoms with E-state index in [0.717, 1.165) is 30.1 Å². The molecule has 0 atom stereocenters. The third-order valence-electron chi connectivity index (χ3n) is 4.13. The first-order valence-corrected chi connectivity index (χ1v) is 7.72. The number of nitrogens with zero attached hydrogens (tertiary/aromatic N) is 1. The van der Waals surface area contributed by atoms with E-state index in [1.807, 2.05) is 7.05 Å². The Bertz CT molecular complexity index is 458. The molecule has 0 amide bonds. The standard InChI is InChI=1S/C14H19Cl2N3/c1-17-13-11(15)6-12(16)14(19-13)18-7-10(8-2-3-8)9-4-5-9/h6,8-10H,2-5,7H2,1H3,(H2,17,18,19). The van der Waals surface area contributed by atoms with Gasteiger partial charge in [-0.15, -0.1) is 0 Å². The molecule has 2 aliphatic rings. The van der Waals surface area contributed by atoms with Crippen LogP contribution >= 0.6 is 23.2 Å². The highest BCUT2D eigenvalue weighted by atomic mass is 35.5. The van der Waals surface area contributed by atoms with Crippen molar-refractivity contribution in [1.29, 1.82) is 0 Å². The molecule has 1 aromatic heterocycles. The normalized spacial score (nSPS) is 18.7. The van der Waals surface area contributed by atoms with Crippen LogP contribution in [0.25, 0.3) is 0 Å². The van der Waals surface area contributed by atoms with E-state index < -0.39 is 0 Å². The predicted octanol–water partition coefficient (Wildman–Crippen LogP) is 4.28. The number of anilines is 2. The van der Waals surface area contributed by atoms with E-state index >= 15 is 0 Å². The molecule has 3 rings (SSSR count). The summed E-state index contributed by atoms with van der Waals surface area (Å²) in [5.74, 6) is 4.06. The lowest BCUT2D eigenvalue weighted by atomic mass is 9.98. The van der Waals surface area contributed by atoms with Gasteiger partial charge in [0.1, 0.15) is 11.6 Å². The summed E-state index contributed by atoms with van der Waals surface area (Å²) in [6.07, 6.45) is 5.58. The van der Waals surface area contributed by atoms with Crippen molar-refractivity contribution < 1.29 is 0 Å². The number of nitrogens with one attached hydrogen (secondary N) is 2.